The molecule has 134 valence electrons. The van der Waals surface area contributed by atoms with Gasteiger partial charge < -0.3 is 5.11 Å². The van der Waals surface area contributed by atoms with Crippen molar-refractivity contribution in [3.63, 3.8) is 0 Å². The highest BCUT2D eigenvalue weighted by atomic mass is 35.5. The summed E-state index contributed by atoms with van der Waals surface area (Å²) in [6.45, 7) is 1.06. The van der Waals surface area contributed by atoms with Crippen LogP contribution in [0, 0.1) is 11.8 Å². The third-order valence-corrected chi connectivity index (χ3v) is 8.62. The maximum Gasteiger partial charge on any atom is 0.216 e. The Kier molecular flexibility index (Phi) is 3.33. The van der Waals surface area contributed by atoms with Crippen LogP contribution < -0.4 is 0 Å². The predicted molar refractivity (Wildman–Crippen MR) is 94.7 cm³/mol. The topological polar surface area (TPSA) is 86.3 Å². The van der Waals surface area contributed by atoms with Gasteiger partial charge in [0.1, 0.15) is 0 Å². The van der Waals surface area contributed by atoms with Crippen molar-refractivity contribution in [2.45, 2.75) is 36.5 Å². The highest BCUT2D eigenvalue weighted by Crippen LogP contribution is 2.51. The zero-order valence-corrected chi connectivity index (χ0v) is 15.2. The highest BCUT2D eigenvalue weighted by Gasteiger charge is 2.53. The van der Waals surface area contributed by atoms with E-state index in [1.807, 2.05) is 6.07 Å². The number of rotatable bonds is 3. The highest BCUT2D eigenvalue weighted by molar-refractivity contribution is 7.90. The van der Waals surface area contributed by atoms with Gasteiger partial charge >= 0.3 is 0 Å². The first-order valence-corrected chi connectivity index (χ1v) is 10.6. The lowest BCUT2D eigenvalue weighted by Gasteiger charge is -2.27. The summed E-state index contributed by atoms with van der Waals surface area (Å²) in [5.41, 5.74) is 0.637. The zero-order chi connectivity index (χ0) is 17.4. The summed E-state index contributed by atoms with van der Waals surface area (Å²) < 4.78 is 26.6. The first kappa shape index (κ1) is 16.1. The maximum atomic E-state index is 12.5. The van der Waals surface area contributed by atoms with E-state index in [0.717, 1.165) is 29.3 Å². The van der Waals surface area contributed by atoms with E-state index in [1.165, 1.54) is 0 Å². The van der Waals surface area contributed by atoms with Crippen LogP contribution in [0.2, 0.25) is 5.02 Å². The van der Waals surface area contributed by atoms with Gasteiger partial charge in [-0.3, -0.25) is 5.10 Å². The van der Waals surface area contributed by atoms with E-state index < -0.39 is 15.6 Å². The minimum absolute atomic E-state index is 0.163. The predicted octanol–water partition coefficient (Wildman–Crippen LogP) is 2.24. The summed E-state index contributed by atoms with van der Waals surface area (Å²) in [4.78, 5) is 0. The van der Waals surface area contributed by atoms with Crippen LogP contribution in [-0.2, 0) is 15.6 Å². The molecule has 3 atom stereocenters. The molecule has 2 N–H and O–H groups in total. The summed E-state index contributed by atoms with van der Waals surface area (Å²) in [5.74, 6) is 0.388. The third-order valence-electron chi connectivity index (χ3n) is 6.07. The Morgan fingerprint density at radius 3 is 2.56 bits per heavy atom. The number of hydrogen-bond acceptors (Lipinski definition) is 4. The molecule has 3 aliphatic rings. The summed E-state index contributed by atoms with van der Waals surface area (Å²) >= 11 is 6.22. The molecule has 0 radical (unpaired) electrons. The molecule has 1 saturated heterocycles. The van der Waals surface area contributed by atoms with E-state index >= 15 is 0 Å². The van der Waals surface area contributed by atoms with Crippen molar-refractivity contribution in [3.05, 3.63) is 28.9 Å². The van der Waals surface area contributed by atoms with Crippen LogP contribution in [0.25, 0.3) is 10.9 Å². The van der Waals surface area contributed by atoms with Crippen LogP contribution in [0.3, 0.4) is 0 Å². The molecule has 8 heteroatoms. The standard InChI is InChI=1S/C17H20ClN3O3S/c18-12-3-15(14-7-19-20-16(14)4-12)17(22)5-10-8-21(9-11(10)6-17)25(23,24)13-1-2-13/h3-4,7,10-11,13,22H,1-2,5-6,8-9H2,(H,19,20)/t10-,11+,17?. The average Bonchev–Trinajstić information content (AvgIpc) is 3.07. The minimum atomic E-state index is -3.13. The van der Waals surface area contributed by atoms with Crippen LogP contribution in [0.15, 0.2) is 18.3 Å². The lowest BCUT2D eigenvalue weighted by atomic mass is 9.88. The van der Waals surface area contributed by atoms with E-state index in [2.05, 4.69) is 10.2 Å². The van der Waals surface area contributed by atoms with Gasteiger partial charge in [-0.25, -0.2) is 12.7 Å². The van der Waals surface area contributed by atoms with Crippen molar-refractivity contribution in [1.29, 1.82) is 0 Å². The molecule has 0 bridgehead atoms. The Labute approximate surface area is 151 Å². The number of H-pyrrole nitrogens is 1. The lowest BCUT2D eigenvalue weighted by molar-refractivity contribution is 0.0353. The Morgan fingerprint density at radius 1 is 1.24 bits per heavy atom. The Bertz CT molecular complexity index is 939. The van der Waals surface area contributed by atoms with E-state index in [4.69, 9.17) is 11.6 Å². The number of hydrogen-bond donors (Lipinski definition) is 2. The van der Waals surface area contributed by atoms with Crippen molar-refractivity contribution in [3.8, 4) is 0 Å². The maximum absolute atomic E-state index is 12.5. The van der Waals surface area contributed by atoms with Crippen molar-refractivity contribution < 1.29 is 13.5 Å². The number of aromatic amines is 1. The molecule has 25 heavy (non-hydrogen) atoms. The number of sulfonamides is 1. The fourth-order valence-electron chi connectivity index (χ4n) is 4.71. The quantitative estimate of drug-likeness (QED) is 0.853. The Balaban J connectivity index is 1.44. The first-order chi connectivity index (χ1) is 11.9. The van der Waals surface area contributed by atoms with E-state index in [-0.39, 0.29) is 17.1 Å². The van der Waals surface area contributed by atoms with Gasteiger partial charge in [-0.05, 0) is 55.2 Å². The average molecular weight is 382 g/mol. The van der Waals surface area contributed by atoms with Crippen molar-refractivity contribution >= 4 is 32.5 Å². The fraction of sp³-hybridized carbons (Fsp3) is 0.588. The number of benzene rings is 1. The van der Waals surface area contributed by atoms with E-state index in [1.54, 1.807) is 16.6 Å². The molecule has 5 rings (SSSR count). The van der Waals surface area contributed by atoms with Gasteiger partial charge in [0, 0.05) is 23.5 Å². The van der Waals surface area contributed by atoms with Crippen LogP contribution in [0.1, 0.15) is 31.2 Å². The lowest BCUT2D eigenvalue weighted by Crippen LogP contribution is -2.34. The molecule has 2 aromatic rings. The molecule has 0 amide bonds. The number of fused-ring (bicyclic) bond motifs is 2. The molecule has 1 aliphatic heterocycles. The van der Waals surface area contributed by atoms with Crippen molar-refractivity contribution in [1.82, 2.24) is 14.5 Å². The zero-order valence-electron chi connectivity index (χ0n) is 13.7. The van der Waals surface area contributed by atoms with Gasteiger partial charge in [0.05, 0.1) is 22.6 Å². The molecule has 0 spiro atoms. The SMILES string of the molecule is O=S(=O)(C1CC1)N1C[C@@H]2CC(O)(c3cc(Cl)cc4[nH]ncc34)C[C@@H]2C1. The number of aromatic nitrogens is 2. The second-order valence-electron chi connectivity index (χ2n) is 7.81. The molecule has 1 unspecified atom stereocenters. The number of nitrogens with zero attached hydrogens (tertiary/aromatic N) is 2. The monoisotopic (exact) mass is 381 g/mol. The first-order valence-electron chi connectivity index (χ1n) is 8.71. The van der Waals surface area contributed by atoms with Crippen LogP contribution in [0.5, 0.6) is 0 Å². The summed E-state index contributed by atoms with van der Waals surface area (Å²) in [6, 6.07) is 3.62. The summed E-state index contributed by atoms with van der Waals surface area (Å²) in [7, 11) is -3.13. The van der Waals surface area contributed by atoms with Crippen LogP contribution in [-0.4, -0.2) is 46.4 Å². The van der Waals surface area contributed by atoms with E-state index in [9.17, 15) is 13.5 Å². The van der Waals surface area contributed by atoms with Crippen LogP contribution >= 0.6 is 11.6 Å². The Hall–Kier alpha value is -1.15. The molecule has 1 aromatic heterocycles. The van der Waals surface area contributed by atoms with Crippen molar-refractivity contribution in [2.75, 3.05) is 13.1 Å². The van der Waals surface area contributed by atoms with E-state index in [0.29, 0.717) is 31.0 Å². The molecule has 6 nitrogen and oxygen atoms in total. The number of aliphatic hydroxyl groups is 1. The number of halogens is 1. The second kappa shape index (κ2) is 5.19. The van der Waals surface area contributed by atoms with Gasteiger partial charge in [-0.2, -0.15) is 5.10 Å². The molecule has 2 heterocycles. The van der Waals surface area contributed by atoms with Gasteiger partial charge in [0.2, 0.25) is 10.0 Å². The normalized spacial score (nSPS) is 33.2. The second-order valence-corrected chi connectivity index (χ2v) is 10.5. The molecule has 2 saturated carbocycles. The van der Waals surface area contributed by atoms with Crippen molar-refractivity contribution in [2.24, 2.45) is 11.8 Å². The fourth-order valence-corrected chi connectivity index (χ4v) is 6.88. The van der Waals surface area contributed by atoms with Gasteiger partial charge in [0.15, 0.2) is 0 Å². The summed E-state index contributed by atoms with van der Waals surface area (Å²) in [6.07, 6.45) is 4.43. The minimum Gasteiger partial charge on any atom is -0.385 e. The summed E-state index contributed by atoms with van der Waals surface area (Å²) in [5, 5.41) is 19.6. The number of nitrogens with one attached hydrogen (secondary N) is 1. The van der Waals surface area contributed by atoms with Gasteiger partial charge in [-0.15, -0.1) is 0 Å². The molecule has 1 aromatic carbocycles. The molecule has 2 aliphatic carbocycles. The molecule has 3 fully saturated rings. The Morgan fingerprint density at radius 2 is 1.92 bits per heavy atom. The smallest absolute Gasteiger partial charge is 0.216 e. The molecular weight excluding hydrogens is 362 g/mol. The third kappa shape index (κ3) is 2.44. The van der Waals surface area contributed by atoms with Crippen LogP contribution in [0.4, 0.5) is 0 Å². The van der Waals surface area contributed by atoms with Gasteiger partial charge in [0.25, 0.3) is 0 Å². The molecular formula is C17H20ClN3O3S. The van der Waals surface area contributed by atoms with Gasteiger partial charge in [-0.1, -0.05) is 11.6 Å². The largest absolute Gasteiger partial charge is 0.385 e.